The summed E-state index contributed by atoms with van der Waals surface area (Å²) in [5.74, 6) is 0.403. The van der Waals surface area contributed by atoms with Gasteiger partial charge >= 0.3 is 0 Å². The lowest BCUT2D eigenvalue weighted by Gasteiger charge is -2.41. The number of nitrogens with zero attached hydrogens (tertiary/aromatic N) is 2. The maximum Gasteiger partial charge on any atom is 0.229 e. The first-order valence-electron chi connectivity index (χ1n) is 11.5. The summed E-state index contributed by atoms with van der Waals surface area (Å²) < 4.78 is 0. The predicted molar refractivity (Wildman–Crippen MR) is 120 cm³/mol. The molecule has 1 N–H and O–H groups in total. The zero-order valence-corrected chi connectivity index (χ0v) is 18.0. The van der Waals surface area contributed by atoms with Gasteiger partial charge in [-0.25, -0.2) is 0 Å². The molecular formula is C26H33N3O. The zero-order chi connectivity index (χ0) is 20.6. The van der Waals surface area contributed by atoms with Crippen molar-refractivity contribution < 1.29 is 4.79 Å². The third kappa shape index (κ3) is 3.36. The van der Waals surface area contributed by atoms with Crippen molar-refractivity contribution in [3.05, 3.63) is 71.8 Å². The number of piperidine rings is 1. The average Bonchev–Trinajstić information content (AvgIpc) is 3.39. The maximum absolute atomic E-state index is 13.5. The summed E-state index contributed by atoms with van der Waals surface area (Å²) in [5.41, 5.74) is 2.79. The molecule has 30 heavy (non-hydrogen) atoms. The highest BCUT2D eigenvalue weighted by Crippen LogP contribution is 2.69. The lowest BCUT2D eigenvalue weighted by molar-refractivity contribution is -0.140. The Morgan fingerprint density at radius 3 is 1.93 bits per heavy atom. The van der Waals surface area contributed by atoms with E-state index in [0.29, 0.717) is 5.91 Å². The molecule has 158 valence electrons. The lowest BCUT2D eigenvalue weighted by Crippen LogP contribution is -2.52. The van der Waals surface area contributed by atoms with Crippen molar-refractivity contribution in [2.24, 2.45) is 10.8 Å². The van der Waals surface area contributed by atoms with Gasteiger partial charge in [0.2, 0.25) is 5.91 Å². The van der Waals surface area contributed by atoms with Gasteiger partial charge in [0, 0.05) is 26.2 Å². The van der Waals surface area contributed by atoms with E-state index in [-0.39, 0.29) is 16.9 Å². The smallest absolute Gasteiger partial charge is 0.229 e. The van der Waals surface area contributed by atoms with E-state index in [0.717, 1.165) is 58.5 Å². The number of nitrogens with one attached hydrogen (secondary N) is 1. The zero-order valence-electron chi connectivity index (χ0n) is 18.0. The number of benzene rings is 2. The summed E-state index contributed by atoms with van der Waals surface area (Å²) >= 11 is 0. The fraction of sp³-hybridized carbons (Fsp3) is 0.500. The normalized spacial score (nSPS) is 26.1. The molecule has 2 saturated heterocycles. The molecule has 2 aromatic rings. The first kappa shape index (κ1) is 19.8. The van der Waals surface area contributed by atoms with Gasteiger partial charge in [0.1, 0.15) is 0 Å². The molecule has 3 fully saturated rings. The molecule has 4 heteroatoms. The van der Waals surface area contributed by atoms with Crippen LogP contribution in [0.3, 0.4) is 0 Å². The third-order valence-corrected chi connectivity index (χ3v) is 7.97. The number of hydrogen-bond acceptors (Lipinski definition) is 3. The van der Waals surface area contributed by atoms with E-state index in [2.05, 4.69) is 82.7 Å². The Morgan fingerprint density at radius 1 is 0.867 bits per heavy atom. The molecule has 5 rings (SSSR count). The van der Waals surface area contributed by atoms with Gasteiger partial charge in [0.05, 0.1) is 11.5 Å². The number of carbonyl (C=O) groups is 1. The number of rotatable bonds is 4. The topological polar surface area (TPSA) is 35.6 Å². The molecule has 1 atom stereocenters. The third-order valence-electron chi connectivity index (χ3n) is 7.97. The van der Waals surface area contributed by atoms with E-state index in [1.807, 2.05) is 0 Å². The van der Waals surface area contributed by atoms with Crippen LogP contribution in [0.1, 0.15) is 43.4 Å². The fourth-order valence-corrected chi connectivity index (χ4v) is 5.99. The molecule has 1 unspecified atom stereocenters. The Labute approximate surface area is 180 Å². The lowest BCUT2D eigenvalue weighted by atomic mass is 9.85. The molecule has 3 aliphatic rings. The summed E-state index contributed by atoms with van der Waals surface area (Å²) in [7, 11) is 0. The van der Waals surface area contributed by atoms with E-state index in [4.69, 9.17) is 0 Å². The highest BCUT2D eigenvalue weighted by atomic mass is 16.2. The molecule has 1 amide bonds. The Kier molecular flexibility index (Phi) is 5.16. The quantitative estimate of drug-likeness (QED) is 0.846. The van der Waals surface area contributed by atoms with Gasteiger partial charge in [-0.1, -0.05) is 67.6 Å². The van der Waals surface area contributed by atoms with Crippen LogP contribution in [-0.4, -0.2) is 55.0 Å². The van der Waals surface area contributed by atoms with Crippen LogP contribution in [0.15, 0.2) is 60.7 Å². The average molecular weight is 404 g/mol. The minimum atomic E-state index is -0.129. The van der Waals surface area contributed by atoms with Crippen LogP contribution in [0.25, 0.3) is 0 Å². The summed E-state index contributed by atoms with van der Waals surface area (Å²) in [4.78, 5) is 18.2. The van der Waals surface area contributed by atoms with Gasteiger partial charge in [-0.3, -0.25) is 9.69 Å². The molecule has 1 spiro atoms. The molecule has 4 nitrogen and oxygen atoms in total. The van der Waals surface area contributed by atoms with Crippen LogP contribution >= 0.6 is 0 Å². The van der Waals surface area contributed by atoms with Gasteiger partial charge in [-0.2, -0.15) is 0 Å². The predicted octanol–water partition coefficient (Wildman–Crippen LogP) is 3.70. The Morgan fingerprint density at radius 2 is 1.40 bits per heavy atom. The molecule has 0 bridgehead atoms. The SMILES string of the molecule is CC1(C(=O)N2CCN(C(c3ccccc3)c3ccccc3)CC2)CC12CCNCC2. The highest BCUT2D eigenvalue weighted by molar-refractivity contribution is 5.87. The van der Waals surface area contributed by atoms with Crippen molar-refractivity contribution in [2.75, 3.05) is 39.3 Å². The monoisotopic (exact) mass is 403 g/mol. The molecule has 2 aliphatic heterocycles. The van der Waals surface area contributed by atoms with E-state index in [9.17, 15) is 4.79 Å². The number of piperazine rings is 1. The second-order valence-corrected chi connectivity index (χ2v) is 9.59. The van der Waals surface area contributed by atoms with Crippen molar-refractivity contribution in [3.63, 3.8) is 0 Å². The van der Waals surface area contributed by atoms with Crippen LogP contribution in [0, 0.1) is 10.8 Å². The van der Waals surface area contributed by atoms with E-state index in [1.54, 1.807) is 0 Å². The Balaban J connectivity index is 1.29. The fourth-order valence-electron chi connectivity index (χ4n) is 5.99. The van der Waals surface area contributed by atoms with Crippen molar-refractivity contribution in [1.29, 1.82) is 0 Å². The van der Waals surface area contributed by atoms with Gasteiger partial charge < -0.3 is 10.2 Å². The van der Waals surface area contributed by atoms with Crippen LogP contribution in [0.2, 0.25) is 0 Å². The van der Waals surface area contributed by atoms with Gasteiger partial charge in [0.25, 0.3) is 0 Å². The largest absolute Gasteiger partial charge is 0.340 e. The van der Waals surface area contributed by atoms with Crippen LogP contribution in [0.4, 0.5) is 0 Å². The molecular weight excluding hydrogens is 370 g/mol. The standard InChI is InChI=1S/C26H33N3O/c1-25(20-26(25)12-14-27-15-13-26)24(30)29-18-16-28(17-19-29)23(21-8-4-2-5-9-21)22-10-6-3-7-11-22/h2-11,23,27H,12-20H2,1H3. The number of hydrogen-bond donors (Lipinski definition) is 1. The van der Waals surface area contributed by atoms with Crippen molar-refractivity contribution >= 4 is 5.91 Å². The minimum absolute atomic E-state index is 0.129. The maximum atomic E-state index is 13.5. The molecule has 0 radical (unpaired) electrons. The Bertz CT molecular complexity index is 830. The molecule has 0 aromatic heterocycles. The molecule has 1 aliphatic carbocycles. The number of amides is 1. The first-order chi connectivity index (χ1) is 14.6. The van der Waals surface area contributed by atoms with Crippen molar-refractivity contribution in [2.45, 2.75) is 32.2 Å². The van der Waals surface area contributed by atoms with Gasteiger partial charge in [-0.15, -0.1) is 0 Å². The van der Waals surface area contributed by atoms with Crippen LogP contribution in [0.5, 0.6) is 0 Å². The summed E-state index contributed by atoms with van der Waals surface area (Å²) in [5, 5.41) is 3.45. The van der Waals surface area contributed by atoms with Crippen molar-refractivity contribution in [3.8, 4) is 0 Å². The summed E-state index contributed by atoms with van der Waals surface area (Å²) in [6, 6.07) is 21.8. The van der Waals surface area contributed by atoms with Crippen LogP contribution in [-0.2, 0) is 4.79 Å². The van der Waals surface area contributed by atoms with Crippen LogP contribution < -0.4 is 5.32 Å². The second kappa shape index (κ2) is 7.82. The number of carbonyl (C=O) groups excluding carboxylic acids is 1. The molecule has 2 heterocycles. The second-order valence-electron chi connectivity index (χ2n) is 9.59. The Hall–Kier alpha value is -2.17. The van der Waals surface area contributed by atoms with E-state index < -0.39 is 0 Å². The molecule has 1 saturated carbocycles. The minimum Gasteiger partial charge on any atom is -0.340 e. The summed E-state index contributed by atoms with van der Waals surface area (Å²) in [6.07, 6.45) is 3.38. The van der Waals surface area contributed by atoms with E-state index >= 15 is 0 Å². The van der Waals surface area contributed by atoms with E-state index in [1.165, 1.54) is 11.1 Å². The highest BCUT2D eigenvalue weighted by Gasteiger charge is 2.68. The summed E-state index contributed by atoms with van der Waals surface area (Å²) in [6.45, 7) is 7.86. The van der Waals surface area contributed by atoms with Crippen molar-refractivity contribution in [1.82, 2.24) is 15.1 Å². The van der Waals surface area contributed by atoms with Gasteiger partial charge in [0.15, 0.2) is 0 Å². The van der Waals surface area contributed by atoms with Gasteiger partial charge in [-0.05, 0) is 48.9 Å². The first-order valence-corrected chi connectivity index (χ1v) is 11.5. The molecule has 2 aromatic carbocycles.